The lowest BCUT2D eigenvalue weighted by Crippen LogP contribution is -2.40. The quantitative estimate of drug-likeness (QED) is 0.563. The number of rotatable bonds is 6. The standard InChI is InChI=1S/C24H27N3O3S/c1-16-5-3-6-17-13-18(23(28)26-22(16)17)14-27(15-21-7-4-12-30-21)24(31)25-19-8-10-20(29-2)11-9-19/h3,5-6,8-11,13,21H,4,7,12,14-15H2,1-2H3,(H,25,31)(H,26,28)/t21-/m1/s1. The second-order valence-electron chi connectivity index (χ2n) is 7.84. The van der Waals surface area contributed by atoms with Gasteiger partial charge < -0.3 is 24.7 Å². The average molecular weight is 438 g/mol. The minimum atomic E-state index is -0.0913. The van der Waals surface area contributed by atoms with Gasteiger partial charge in [-0.1, -0.05) is 18.2 Å². The largest absolute Gasteiger partial charge is 0.497 e. The molecule has 1 fully saturated rings. The van der Waals surface area contributed by atoms with Crippen LogP contribution in [0.5, 0.6) is 5.75 Å². The summed E-state index contributed by atoms with van der Waals surface area (Å²) in [5.74, 6) is 0.783. The summed E-state index contributed by atoms with van der Waals surface area (Å²) in [4.78, 5) is 17.9. The summed E-state index contributed by atoms with van der Waals surface area (Å²) in [6, 6.07) is 15.6. The fourth-order valence-corrected chi connectivity index (χ4v) is 4.14. The van der Waals surface area contributed by atoms with Crippen LogP contribution in [-0.4, -0.2) is 41.4 Å². The molecule has 2 heterocycles. The molecule has 1 aromatic heterocycles. The van der Waals surface area contributed by atoms with Gasteiger partial charge in [0.15, 0.2) is 5.11 Å². The Balaban J connectivity index is 1.58. The predicted molar refractivity (Wildman–Crippen MR) is 128 cm³/mol. The van der Waals surface area contributed by atoms with Crippen molar-refractivity contribution in [1.82, 2.24) is 9.88 Å². The summed E-state index contributed by atoms with van der Waals surface area (Å²) < 4.78 is 11.1. The molecule has 0 aliphatic carbocycles. The lowest BCUT2D eigenvalue weighted by molar-refractivity contribution is 0.0904. The van der Waals surface area contributed by atoms with Gasteiger partial charge in [-0.15, -0.1) is 0 Å². The van der Waals surface area contributed by atoms with E-state index in [0.717, 1.165) is 47.4 Å². The Morgan fingerprint density at radius 3 is 2.81 bits per heavy atom. The zero-order valence-electron chi connectivity index (χ0n) is 17.8. The van der Waals surface area contributed by atoms with Crippen molar-refractivity contribution in [3.63, 3.8) is 0 Å². The Morgan fingerprint density at radius 1 is 1.29 bits per heavy atom. The Labute approximate surface area is 187 Å². The third kappa shape index (κ3) is 5.06. The van der Waals surface area contributed by atoms with Crippen LogP contribution < -0.4 is 15.6 Å². The predicted octanol–water partition coefficient (Wildman–Crippen LogP) is 4.22. The van der Waals surface area contributed by atoms with Gasteiger partial charge in [0.1, 0.15) is 5.75 Å². The number of hydrogen-bond donors (Lipinski definition) is 2. The first-order chi connectivity index (χ1) is 15.0. The molecule has 162 valence electrons. The SMILES string of the molecule is COc1ccc(NC(=S)N(Cc2cc3cccc(C)c3[nH]c2=O)C[C@H]2CCCO2)cc1. The van der Waals surface area contributed by atoms with Crippen molar-refractivity contribution in [2.24, 2.45) is 0 Å². The Kier molecular flexibility index (Phi) is 6.53. The zero-order valence-corrected chi connectivity index (χ0v) is 18.6. The molecular weight excluding hydrogens is 410 g/mol. The smallest absolute Gasteiger partial charge is 0.253 e. The van der Waals surface area contributed by atoms with Gasteiger partial charge >= 0.3 is 0 Å². The second kappa shape index (κ2) is 9.49. The number of nitrogens with zero attached hydrogens (tertiary/aromatic N) is 1. The molecule has 7 heteroatoms. The minimum Gasteiger partial charge on any atom is -0.497 e. The maximum absolute atomic E-state index is 12.8. The topological polar surface area (TPSA) is 66.6 Å². The van der Waals surface area contributed by atoms with Crippen molar-refractivity contribution < 1.29 is 9.47 Å². The van der Waals surface area contributed by atoms with E-state index in [1.807, 2.05) is 60.4 Å². The van der Waals surface area contributed by atoms with E-state index in [1.165, 1.54) is 0 Å². The maximum Gasteiger partial charge on any atom is 0.253 e. The molecule has 1 aliphatic rings. The lowest BCUT2D eigenvalue weighted by Gasteiger charge is -2.28. The van der Waals surface area contributed by atoms with Crippen molar-refractivity contribution in [2.45, 2.75) is 32.4 Å². The molecule has 1 aliphatic heterocycles. The van der Waals surface area contributed by atoms with E-state index in [1.54, 1.807) is 7.11 Å². The van der Waals surface area contributed by atoms with Crippen LogP contribution in [0.25, 0.3) is 10.9 Å². The van der Waals surface area contributed by atoms with E-state index in [4.69, 9.17) is 21.7 Å². The van der Waals surface area contributed by atoms with Gasteiger partial charge in [0.05, 0.1) is 25.3 Å². The third-order valence-electron chi connectivity index (χ3n) is 5.60. The van der Waals surface area contributed by atoms with Crippen molar-refractivity contribution in [2.75, 3.05) is 25.6 Å². The molecule has 2 aromatic carbocycles. The van der Waals surface area contributed by atoms with Crippen LogP contribution in [0.2, 0.25) is 0 Å². The van der Waals surface area contributed by atoms with E-state index < -0.39 is 0 Å². The third-order valence-corrected chi connectivity index (χ3v) is 5.96. The number of methoxy groups -OCH3 is 1. The van der Waals surface area contributed by atoms with Crippen LogP contribution in [0, 0.1) is 6.92 Å². The van der Waals surface area contributed by atoms with Gasteiger partial charge in [0, 0.05) is 24.4 Å². The first-order valence-corrected chi connectivity index (χ1v) is 10.9. The molecule has 0 saturated carbocycles. The van der Waals surface area contributed by atoms with E-state index in [0.29, 0.717) is 23.8 Å². The molecule has 31 heavy (non-hydrogen) atoms. The van der Waals surface area contributed by atoms with Gasteiger partial charge in [0.2, 0.25) is 0 Å². The van der Waals surface area contributed by atoms with Crippen LogP contribution in [0.15, 0.2) is 53.3 Å². The Morgan fingerprint density at radius 2 is 2.10 bits per heavy atom. The number of nitrogens with one attached hydrogen (secondary N) is 2. The molecule has 3 aromatic rings. The number of aromatic nitrogens is 1. The van der Waals surface area contributed by atoms with Crippen molar-refractivity contribution in [3.8, 4) is 5.75 Å². The highest BCUT2D eigenvalue weighted by Crippen LogP contribution is 2.20. The number of thiocarbonyl (C=S) groups is 1. The maximum atomic E-state index is 12.8. The van der Waals surface area contributed by atoms with Crippen molar-refractivity contribution in [1.29, 1.82) is 0 Å². The van der Waals surface area contributed by atoms with Gasteiger partial charge in [-0.05, 0) is 73.3 Å². The number of pyridine rings is 1. The molecule has 2 N–H and O–H groups in total. The molecule has 0 bridgehead atoms. The number of H-pyrrole nitrogens is 1. The molecule has 0 radical (unpaired) electrons. The monoisotopic (exact) mass is 437 g/mol. The molecule has 6 nitrogen and oxygen atoms in total. The summed E-state index contributed by atoms with van der Waals surface area (Å²) in [7, 11) is 1.64. The number of fused-ring (bicyclic) bond motifs is 1. The summed E-state index contributed by atoms with van der Waals surface area (Å²) in [5, 5.41) is 4.86. The van der Waals surface area contributed by atoms with Gasteiger partial charge in [-0.25, -0.2) is 0 Å². The van der Waals surface area contributed by atoms with Crippen LogP contribution in [0.1, 0.15) is 24.0 Å². The van der Waals surface area contributed by atoms with Crippen molar-refractivity contribution in [3.05, 3.63) is 70.0 Å². The zero-order chi connectivity index (χ0) is 21.8. The number of hydrogen-bond acceptors (Lipinski definition) is 4. The van der Waals surface area contributed by atoms with E-state index in [2.05, 4.69) is 10.3 Å². The number of para-hydroxylation sites is 1. The number of aromatic amines is 1. The molecule has 1 saturated heterocycles. The fraction of sp³-hybridized carbons (Fsp3) is 0.333. The summed E-state index contributed by atoms with van der Waals surface area (Å²) in [6.07, 6.45) is 2.15. The lowest BCUT2D eigenvalue weighted by atomic mass is 10.1. The number of aryl methyl sites for hydroxylation is 1. The second-order valence-corrected chi connectivity index (χ2v) is 8.22. The average Bonchev–Trinajstić information content (AvgIpc) is 3.28. The van der Waals surface area contributed by atoms with Crippen LogP contribution in [0.4, 0.5) is 5.69 Å². The van der Waals surface area contributed by atoms with Gasteiger partial charge in [-0.2, -0.15) is 0 Å². The minimum absolute atomic E-state index is 0.0913. The van der Waals surface area contributed by atoms with Gasteiger partial charge in [0.25, 0.3) is 5.56 Å². The fourth-order valence-electron chi connectivity index (χ4n) is 3.88. The molecule has 0 amide bonds. The Bertz CT molecular complexity index is 1120. The number of anilines is 1. The van der Waals surface area contributed by atoms with Crippen molar-refractivity contribution >= 4 is 33.9 Å². The van der Waals surface area contributed by atoms with Crippen LogP contribution in [-0.2, 0) is 11.3 Å². The molecule has 4 rings (SSSR count). The number of ether oxygens (including phenoxy) is 2. The summed E-state index contributed by atoms with van der Waals surface area (Å²) in [6.45, 7) is 3.80. The van der Waals surface area contributed by atoms with Crippen LogP contribution >= 0.6 is 12.2 Å². The molecule has 0 unspecified atom stereocenters. The molecule has 1 atom stereocenters. The highest BCUT2D eigenvalue weighted by molar-refractivity contribution is 7.80. The highest BCUT2D eigenvalue weighted by Gasteiger charge is 2.22. The molecule has 0 spiro atoms. The highest BCUT2D eigenvalue weighted by atomic mass is 32.1. The Hall–Kier alpha value is -2.90. The summed E-state index contributed by atoms with van der Waals surface area (Å²) >= 11 is 5.73. The summed E-state index contributed by atoms with van der Waals surface area (Å²) in [5.41, 5.74) is 3.38. The van der Waals surface area contributed by atoms with E-state index >= 15 is 0 Å². The van der Waals surface area contributed by atoms with Gasteiger partial charge in [-0.3, -0.25) is 4.79 Å². The first kappa shape index (κ1) is 21.3. The van der Waals surface area contributed by atoms with E-state index in [-0.39, 0.29) is 11.7 Å². The normalized spacial score (nSPS) is 15.7. The first-order valence-electron chi connectivity index (χ1n) is 10.5. The van der Waals surface area contributed by atoms with E-state index in [9.17, 15) is 4.79 Å². The van der Waals surface area contributed by atoms with Crippen LogP contribution in [0.3, 0.4) is 0 Å². The molecular formula is C24H27N3O3S. The number of benzene rings is 2.